The Morgan fingerprint density at radius 2 is 2.25 bits per heavy atom. The fraction of sp³-hybridized carbons (Fsp3) is 0.438. The van der Waals surface area contributed by atoms with Gasteiger partial charge in [-0.05, 0) is 26.3 Å². The summed E-state index contributed by atoms with van der Waals surface area (Å²) < 4.78 is 3.77. The highest BCUT2D eigenvalue weighted by Crippen LogP contribution is 2.13. The third-order valence-corrected chi connectivity index (χ3v) is 4.28. The molecule has 0 aromatic carbocycles. The molecule has 1 amide bonds. The minimum Gasteiger partial charge on any atom is -0.351 e. The van der Waals surface area contributed by atoms with Crippen LogP contribution in [0.15, 0.2) is 18.5 Å². The zero-order chi connectivity index (χ0) is 16.7. The summed E-state index contributed by atoms with van der Waals surface area (Å²) in [7, 11) is 0. The number of hydrogen-bond donors (Lipinski definition) is 1. The van der Waals surface area contributed by atoms with Gasteiger partial charge in [0.1, 0.15) is 5.82 Å². The monoisotopic (exact) mass is 325 g/mol. The highest BCUT2D eigenvalue weighted by Gasteiger charge is 2.21. The average molecular weight is 325 g/mol. The number of rotatable bonds is 3. The molecule has 4 rings (SSSR count). The average Bonchev–Trinajstić information content (AvgIpc) is 3.12. The maximum Gasteiger partial charge on any atom is 0.252 e. The zero-order valence-corrected chi connectivity index (χ0v) is 13.7. The fourth-order valence-electron chi connectivity index (χ4n) is 3.19. The molecule has 124 valence electrons. The van der Waals surface area contributed by atoms with Crippen molar-refractivity contribution >= 4 is 11.7 Å². The van der Waals surface area contributed by atoms with Crippen LogP contribution in [0.5, 0.6) is 0 Å². The van der Waals surface area contributed by atoms with Crippen molar-refractivity contribution < 1.29 is 4.79 Å². The van der Waals surface area contributed by atoms with E-state index in [9.17, 15) is 4.79 Å². The van der Waals surface area contributed by atoms with Gasteiger partial charge in [0.15, 0.2) is 5.82 Å². The minimum atomic E-state index is -0.0613. The van der Waals surface area contributed by atoms with Crippen LogP contribution in [-0.4, -0.2) is 41.1 Å². The van der Waals surface area contributed by atoms with Crippen LogP contribution < -0.4 is 5.32 Å². The molecule has 1 unspecified atom stereocenters. The standard InChI is InChI=1S/C16H19N7O/c1-10-7-11(2)23-16(18-10)20-13(21-23)8-15(24)19-12-3-4-14-17-5-6-22(14)9-12/h5-7,12H,3-4,8-9H2,1-2H3,(H,19,24). The van der Waals surface area contributed by atoms with E-state index in [1.807, 2.05) is 26.1 Å². The van der Waals surface area contributed by atoms with Gasteiger partial charge in [0.25, 0.3) is 5.78 Å². The molecule has 0 bridgehead atoms. The maximum atomic E-state index is 12.3. The Kier molecular flexibility index (Phi) is 3.51. The Morgan fingerprint density at radius 1 is 1.38 bits per heavy atom. The van der Waals surface area contributed by atoms with Crippen molar-refractivity contribution in [3.05, 3.63) is 41.5 Å². The van der Waals surface area contributed by atoms with Crippen LogP contribution in [0.4, 0.5) is 0 Å². The van der Waals surface area contributed by atoms with Crippen LogP contribution in [0.1, 0.15) is 29.5 Å². The molecule has 1 aliphatic heterocycles. The lowest BCUT2D eigenvalue weighted by Crippen LogP contribution is -2.41. The first-order valence-electron chi connectivity index (χ1n) is 8.08. The van der Waals surface area contributed by atoms with Crippen molar-refractivity contribution in [2.24, 2.45) is 0 Å². The third kappa shape index (κ3) is 2.75. The van der Waals surface area contributed by atoms with E-state index in [0.717, 1.165) is 36.6 Å². The van der Waals surface area contributed by atoms with Gasteiger partial charge >= 0.3 is 0 Å². The van der Waals surface area contributed by atoms with E-state index in [0.29, 0.717) is 11.6 Å². The third-order valence-electron chi connectivity index (χ3n) is 4.28. The molecular formula is C16H19N7O. The zero-order valence-electron chi connectivity index (χ0n) is 13.7. The van der Waals surface area contributed by atoms with Gasteiger partial charge in [0, 0.05) is 42.8 Å². The number of carbonyl (C=O) groups is 1. The number of hydrogen-bond acceptors (Lipinski definition) is 5. The first-order valence-corrected chi connectivity index (χ1v) is 8.08. The van der Waals surface area contributed by atoms with Gasteiger partial charge in [-0.3, -0.25) is 4.79 Å². The number of aryl methyl sites for hydroxylation is 3. The Labute approximate surface area is 138 Å². The van der Waals surface area contributed by atoms with Crippen LogP contribution in [0.3, 0.4) is 0 Å². The normalized spacial score (nSPS) is 17.0. The lowest BCUT2D eigenvalue weighted by Gasteiger charge is -2.24. The molecular weight excluding hydrogens is 306 g/mol. The number of amides is 1. The van der Waals surface area contributed by atoms with E-state index in [-0.39, 0.29) is 18.4 Å². The summed E-state index contributed by atoms with van der Waals surface area (Å²) in [5, 5.41) is 7.45. The Morgan fingerprint density at radius 3 is 3.12 bits per heavy atom. The molecule has 1 atom stereocenters. The van der Waals surface area contributed by atoms with Crippen molar-refractivity contribution in [2.45, 2.75) is 45.7 Å². The predicted octanol–water partition coefficient (Wildman–Crippen LogP) is 0.611. The highest BCUT2D eigenvalue weighted by molar-refractivity contribution is 5.78. The van der Waals surface area contributed by atoms with E-state index in [1.54, 1.807) is 10.7 Å². The van der Waals surface area contributed by atoms with Crippen molar-refractivity contribution in [3.63, 3.8) is 0 Å². The summed E-state index contributed by atoms with van der Waals surface area (Å²) in [4.78, 5) is 25.3. The molecule has 3 aromatic rings. The molecule has 8 nitrogen and oxygen atoms in total. The predicted molar refractivity (Wildman–Crippen MR) is 86.4 cm³/mol. The molecule has 0 saturated carbocycles. The van der Waals surface area contributed by atoms with E-state index in [4.69, 9.17) is 0 Å². The number of nitrogens with one attached hydrogen (secondary N) is 1. The van der Waals surface area contributed by atoms with Crippen molar-refractivity contribution in [2.75, 3.05) is 0 Å². The molecule has 0 radical (unpaired) electrons. The lowest BCUT2D eigenvalue weighted by molar-refractivity contribution is -0.121. The number of nitrogens with zero attached hydrogens (tertiary/aromatic N) is 6. The van der Waals surface area contributed by atoms with Gasteiger partial charge in [-0.25, -0.2) is 14.5 Å². The van der Waals surface area contributed by atoms with Gasteiger partial charge < -0.3 is 9.88 Å². The largest absolute Gasteiger partial charge is 0.351 e. The molecule has 0 fully saturated rings. The molecule has 0 aliphatic carbocycles. The molecule has 1 N–H and O–H groups in total. The summed E-state index contributed by atoms with van der Waals surface area (Å²) >= 11 is 0. The Hall–Kier alpha value is -2.77. The molecule has 4 heterocycles. The second kappa shape index (κ2) is 5.70. The van der Waals surface area contributed by atoms with Crippen LogP contribution >= 0.6 is 0 Å². The van der Waals surface area contributed by atoms with Gasteiger partial charge in [0.2, 0.25) is 5.91 Å². The summed E-state index contributed by atoms with van der Waals surface area (Å²) in [6, 6.07) is 2.06. The second-order valence-electron chi connectivity index (χ2n) is 6.25. The molecule has 24 heavy (non-hydrogen) atoms. The van der Waals surface area contributed by atoms with Gasteiger partial charge in [-0.2, -0.15) is 4.98 Å². The highest BCUT2D eigenvalue weighted by atomic mass is 16.1. The second-order valence-corrected chi connectivity index (χ2v) is 6.25. The maximum absolute atomic E-state index is 12.3. The number of fused-ring (bicyclic) bond motifs is 2. The minimum absolute atomic E-state index is 0.0613. The molecule has 1 aliphatic rings. The van der Waals surface area contributed by atoms with Crippen LogP contribution in [-0.2, 0) is 24.2 Å². The van der Waals surface area contributed by atoms with E-state index >= 15 is 0 Å². The number of aromatic nitrogens is 6. The first-order chi connectivity index (χ1) is 11.6. The number of carbonyl (C=O) groups excluding carboxylic acids is 1. The van der Waals surface area contributed by atoms with E-state index in [2.05, 4.69) is 29.9 Å². The van der Waals surface area contributed by atoms with E-state index < -0.39 is 0 Å². The van der Waals surface area contributed by atoms with E-state index in [1.165, 1.54) is 0 Å². The first kappa shape index (κ1) is 14.8. The van der Waals surface area contributed by atoms with Crippen LogP contribution in [0.2, 0.25) is 0 Å². The quantitative estimate of drug-likeness (QED) is 0.762. The van der Waals surface area contributed by atoms with Crippen molar-refractivity contribution in [3.8, 4) is 0 Å². The Balaban J connectivity index is 1.44. The summed E-state index contributed by atoms with van der Waals surface area (Å²) in [6.07, 6.45) is 5.70. The fourth-order valence-corrected chi connectivity index (χ4v) is 3.19. The van der Waals surface area contributed by atoms with Gasteiger partial charge in [-0.1, -0.05) is 0 Å². The number of imidazole rings is 1. The topological polar surface area (TPSA) is 90.0 Å². The van der Waals surface area contributed by atoms with Gasteiger partial charge in [-0.15, -0.1) is 5.10 Å². The molecule has 8 heteroatoms. The van der Waals surface area contributed by atoms with Crippen molar-refractivity contribution in [1.29, 1.82) is 0 Å². The summed E-state index contributed by atoms with van der Waals surface area (Å²) in [6.45, 7) is 4.63. The lowest BCUT2D eigenvalue weighted by atomic mass is 10.1. The van der Waals surface area contributed by atoms with Crippen LogP contribution in [0.25, 0.3) is 5.78 Å². The Bertz CT molecular complexity index is 910. The summed E-state index contributed by atoms with van der Waals surface area (Å²) in [5.74, 6) is 2.05. The SMILES string of the molecule is Cc1cc(C)n2nc(CC(=O)NC3CCc4nccn4C3)nc2n1. The van der Waals surface area contributed by atoms with Gasteiger partial charge in [0.05, 0.1) is 6.42 Å². The smallest absolute Gasteiger partial charge is 0.252 e. The molecule has 0 spiro atoms. The van der Waals surface area contributed by atoms with Crippen LogP contribution in [0, 0.1) is 13.8 Å². The molecule has 3 aromatic heterocycles. The molecule has 0 saturated heterocycles. The van der Waals surface area contributed by atoms with Crippen molar-refractivity contribution in [1.82, 2.24) is 34.4 Å². The summed E-state index contributed by atoms with van der Waals surface area (Å²) in [5.41, 5.74) is 1.85.